The van der Waals surface area contributed by atoms with E-state index in [0.717, 1.165) is 5.69 Å². The second kappa shape index (κ2) is 5.75. The molecular weight excluding hydrogens is 226 g/mol. The summed E-state index contributed by atoms with van der Waals surface area (Å²) < 4.78 is 0. The first kappa shape index (κ1) is 12.8. The molecule has 0 spiro atoms. The van der Waals surface area contributed by atoms with Crippen LogP contribution in [0.2, 0.25) is 5.02 Å². The fourth-order valence-corrected chi connectivity index (χ4v) is 1.95. The number of aliphatic carboxylic acids is 1. The van der Waals surface area contributed by atoms with Gasteiger partial charge < -0.3 is 10.0 Å². The summed E-state index contributed by atoms with van der Waals surface area (Å²) in [5.74, 6) is -0.802. The zero-order valence-electron chi connectivity index (χ0n) is 9.48. The average molecular weight is 242 g/mol. The molecule has 0 aliphatic rings. The summed E-state index contributed by atoms with van der Waals surface area (Å²) in [7, 11) is 0. The van der Waals surface area contributed by atoms with E-state index in [4.69, 9.17) is 16.7 Å². The van der Waals surface area contributed by atoms with Gasteiger partial charge in [0.2, 0.25) is 0 Å². The zero-order valence-corrected chi connectivity index (χ0v) is 10.2. The number of rotatable bonds is 5. The molecule has 0 saturated heterocycles. The summed E-state index contributed by atoms with van der Waals surface area (Å²) in [4.78, 5) is 13.0. The van der Waals surface area contributed by atoms with Gasteiger partial charge in [-0.15, -0.1) is 0 Å². The smallest absolute Gasteiger partial charge is 0.326 e. The molecule has 0 radical (unpaired) electrons. The van der Waals surface area contributed by atoms with Crippen LogP contribution in [0, 0.1) is 0 Å². The maximum atomic E-state index is 11.1. The van der Waals surface area contributed by atoms with Gasteiger partial charge in [0.1, 0.15) is 6.04 Å². The Morgan fingerprint density at radius 3 is 2.62 bits per heavy atom. The minimum Gasteiger partial charge on any atom is -0.480 e. The lowest BCUT2D eigenvalue weighted by Gasteiger charge is -2.29. The minimum absolute atomic E-state index is 0.497. The maximum Gasteiger partial charge on any atom is 0.326 e. The molecule has 88 valence electrons. The lowest BCUT2D eigenvalue weighted by molar-refractivity contribution is -0.138. The summed E-state index contributed by atoms with van der Waals surface area (Å²) in [6, 6.07) is 6.77. The van der Waals surface area contributed by atoms with Crippen LogP contribution in [0.15, 0.2) is 24.3 Å². The van der Waals surface area contributed by atoms with Crippen molar-refractivity contribution in [3.05, 3.63) is 29.3 Å². The van der Waals surface area contributed by atoms with Crippen LogP contribution in [0.1, 0.15) is 20.3 Å². The van der Waals surface area contributed by atoms with E-state index in [1.165, 1.54) is 0 Å². The molecule has 3 nitrogen and oxygen atoms in total. The molecule has 0 aliphatic heterocycles. The Balaban J connectivity index is 3.01. The maximum absolute atomic E-state index is 11.1. The molecule has 4 heteroatoms. The highest BCUT2D eigenvalue weighted by Crippen LogP contribution is 2.22. The van der Waals surface area contributed by atoms with Gasteiger partial charge in [0.05, 0.1) is 0 Å². The first-order chi connectivity index (χ1) is 7.60. The van der Waals surface area contributed by atoms with Crippen molar-refractivity contribution in [1.29, 1.82) is 0 Å². The number of halogens is 1. The summed E-state index contributed by atoms with van der Waals surface area (Å²) in [5, 5.41) is 9.75. The monoisotopic (exact) mass is 241 g/mol. The van der Waals surface area contributed by atoms with Crippen molar-refractivity contribution >= 4 is 23.3 Å². The van der Waals surface area contributed by atoms with Crippen LogP contribution in [-0.4, -0.2) is 23.7 Å². The SMILES string of the molecule is CC[C@@H](C(=O)O)N(CC)c1cccc(Cl)c1. The van der Waals surface area contributed by atoms with Gasteiger partial charge in [-0.2, -0.15) is 0 Å². The second-order valence-corrected chi connectivity index (χ2v) is 3.96. The van der Waals surface area contributed by atoms with Gasteiger partial charge in [0.25, 0.3) is 0 Å². The standard InChI is InChI=1S/C12H16ClNO2/c1-3-11(12(15)16)14(4-2)10-7-5-6-9(13)8-10/h5-8,11H,3-4H2,1-2H3,(H,15,16)/t11-/m0/s1. The molecule has 0 heterocycles. The lowest BCUT2D eigenvalue weighted by atomic mass is 10.1. The number of nitrogens with zero attached hydrogens (tertiary/aromatic N) is 1. The molecule has 0 bridgehead atoms. The van der Waals surface area contributed by atoms with Crippen molar-refractivity contribution < 1.29 is 9.90 Å². The number of anilines is 1. The van der Waals surface area contributed by atoms with Crippen LogP contribution >= 0.6 is 11.6 Å². The van der Waals surface area contributed by atoms with Crippen LogP contribution in [0.5, 0.6) is 0 Å². The number of hydrogen-bond donors (Lipinski definition) is 1. The van der Waals surface area contributed by atoms with Crippen molar-refractivity contribution in [3.8, 4) is 0 Å². The molecular formula is C12H16ClNO2. The Morgan fingerprint density at radius 1 is 1.50 bits per heavy atom. The molecule has 1 aromatic rings. The van der Waals surface area contributed by atoms with Gasteiger partial charge in [0, 0.05) is 17.3 Å². The number of hydrogen-bond acceptors (Lipinski definition) is 2. The normalized spacial score (nSPS) is 12.2. The van der Waals surface area contributed by atoms with Crippen LogP contribution in [-0.2, 0) is 4.79 Å². The predicted octanol–water partition coefficient (Wildman–Crippen LogP) is 3.03. The number of benzene rings is 1. The zero-order chi connectivity index (χ0) is 12.1. The Morgan fingerprint density at radius 2 is 2.19 bits per heavy atom. The number of likely N-dealkylation sites (N-methyl/N-ethyl adjacent to an activating group) is 1. The summed E-state index contributed by atoms with van der Waals surface area (Å²) >= 11 is 5.90. The van der Waals surface area contributed by atoms with E-state index >= 15 is 0 Å². The summed E-state index contributed by atoms with van der Waals surface area (Å²) in [5.41, 5.74) is 0.851. The van der Waals surface area contributed by atoms with Crippen LogP contribution in [0.3, 0.4) is 0 Å². The Hall–Kier alpha value is -1.22. The molecule has 16 heavy (non-hydrogen) atoms. The molecule has 1 rings (SSSR count). The third kappa shape index (κ3) is 2.89. The molecule has 0 unspecified atom stereocenters. The molecule has 0 aromatic heterocycles. The van der Waals surface area contributed by atoms with Gasteiger partial charge in [-0.3, -0.25) is 0 Å². The van der Waals surface area contributed by atoms with E-state index in [9.17, 15) is 4.79 Å². The van der Waals surface area contributed by atoms with Crippen molar-refractivity contribution in [2.45, 2.75) is 26.3 Å². The van der Waals surface area contributed by atoms with E-state index in [-0.39, 0.29) is 0 Å². The Bertz CT molecular complexity index is 368. The molecule has 1 atom stereocenters. The van der Waals surface area contributed by atoms with Gasteiger partial charge in [-0.05, 0) is 31.5 Å². The van der Waals surface area contributed by atoms with Crippen molar-refractivity contribution in [3.63, 3.8) is 0 Å². The largest absolute Gasteiger partial charge is 0.480 e. The van der Waals surface area contributed by atoms with Gasteiger partial charge >= 0.3 is 5.97 Å². The first-order valence-corrected chi connectivity index (χ1v) is 5.73. The lowest BCUT2D eigenvalue weighted by Crippen LogP contribution is -2.40. The van der Waals surface area contributed by atoms with Gasteiger partial charge in [-0.1, -0.05) is 24.6 Å². The van der Waals surface area contributed by atoms with Crippen molar-refractivity contribution in [2.24, 2.45) is 0 Å². The first-order valence-electron chi connectivity index (χ1n) is 5.35. The van der Waals surface area contributed by atoms with Gasteiger partial charge in [0.15, 0.2) is 0 Å². The molecule has 0 fully saturated rings. The molecule has 1 aromatic carbocycles. The molecule has 1 N–H and O–H groups in total. The fraction of sp³-hybridized carbons (Fsp3) is 0.417. The second-order valence-electron chi connectivity index (χ2n) is 3.53. The summed E-state index contributed by atoms with van der Waals surface area (Å²) in [6.45, 7) is 4.45. The molecule has 0 saturated carbocycles. The quantitative estimate of drug-likeness (QED) is 0.862. The van der Waals surface area contributed by atoms with E-state index in [1.54, 1.807) is 12.1 Å². The third-order valence-corrected chi connectivity index (χ3v) is 2.76. The highest BCUT2D eigenvalue weighted by atomic mass is 35.5. The molecule has 0 aliphatic carbocycles. The van der Waals surface area contributed by atoms with Crippen LogP contribution in [0.25, 0.3) is 0 Å². The van der Waals surface area contributed by atoms with Crippen LogP contribution < -0.4 is 4.90 Å². The predicted molar refractivity (Wildman–Crippen MR) is 66.2 cm³/mol. The van der Waals surface area contributed by atoms with E-state index < -0.39 is 12.0 Å². The van der Waals surface area contributed by atoms with E-state index in [1.807, 2.05) is 30.9 Å². The minimum atomic E-state index is -0.802. The highest BCUT2D eigenvalue weighted by molar-refractivity contribution is 6.30. The van der Waals surface area contributed by atoms with Crippen molar-refractivity contribution in [1.82, 2.24) is 0 Å². The number of carboxylic acid groups (broad SMARTS) is 1. The third-order valence-electron chi connectivity index (χ3n) is 2.53. The number of carboxylic acids is 1. The van der Waals surface area contributed by atoms with Gasteiger partial charge in [-0.25, -0.2) is 4.79 Å². The molecule has 0 amide bonds. The Kier molecular flexibility index (Phi) is 4.62. The number of carbonyl (C=O) groups is 1. The average Bonchev–Trinajstić information content (AvgIpc) is 2.25. The topological polar surface area (TPSA) is 40.5 Å². The van der Waals surface area contributed by atoms with E-state index in [2.05, 4.69) is 0 Å². The van der Waals surface area contributed by atoms with E-state index in [0.29, 0.717) is 18.0 Å². The highest BCUT2D eigenvalue weighted by Gasteiger charge is 2.22. The summed E-state index contributed by atoms with van der Waals surface area (Å²) in [6.07, 6.45) is 0.565. The Labute approximate surface area is 101 Å². The fourth-order valence-electron chi connectivity index (χ4n) is 1.77. The van der Waals surface area contributed by atoms with Crippen molar-refractivity contribution in [2.75, 3.05) is 11.4 Å². The van der Waals surface area contributed by atoms with Crippen LogP contribution in [0.4, 0.5) is 5.69 Å².